The van der Waals surface area contributed by atoms with Crippen molar-refractivity contribution in [2.75, 3.05) is 5.73 Å². The van der Waals surface area contributed by atoms with E-state index in [9.17, 15) is 13.2 Å². The van der Waals surface area contributed by atoms with E-state index in [1.165, 1.54) is 18.2 Å². The smallest absolute Gasteiger partial charge is 0.322 e. The fourth-order valence-corrected chi connectivity index (χ4v) is 2.92. The first kappa shape index (κ1) is 15.5. The SMILES string of the molecule is CC[C@H](C)[C@H](NS(=O)(=O)c1cccc(N)c1)C(=O)O. The van der Waals surface area contributed by atoms with Crippen LogP contribution in [0.2, 0.25) is 0 Å². The molecule has 19 heavy (non-hydrogen) atoms. The van der Waals surface area contributed by atoms with Crippen LogP contribution in [0.15, 0.2) is 29.2 Å². The molecule has 0 aliphatic rings. The lowest BCUT2D eigenvalue weighted by molar-refractivity contribution is -0.140. The Morgan fingerprint density at radius 1 is 1.47 bits per heavy atom. The third-order valence-electron chi connectivity index (χ3n) is 2.93. The van der Waals surface area contributed by atoms with Gasteiger partial charge in [-0.05, 0) is 24.1 Å². The van der Waals surface area contributed by atoms with Crippen molar-refractivity contribution in [3.8, 4) is 0 Å². The Bertz CT molecular complexity index is 557. The second-order valence-electron chi connectivity index (χ2n) is 4.40. The number of carbonyl (C=O) groups is 1. The Labute approximate surface area is 112 Å². The first-order valence-electron chi connectivity index (χ1n) is 5.88. The summed E-state index contributed by atoms with van der Waals surface area (Å²) in [5.41, 5.74) is 5.83. The maximum Gasteiger partial charge on any atom is 0.322 e. The number of benzene rings is 1. The summed E-state index contributed by atoms with van der Waals surface area (Å²) in [5.74, 6) is -1.50. The number of anilines is 1. The normalized spacial score (nSPS) is 14.8. The van der Waals surface area contributed by atoms with Gasteiger partial charge >= 0.3 is 5.97 Å². The zero-order chi connectivity index (χ0) is 14.6. The van der Waals surface area contributed by atoms with Crippen molar-refractivity contribution < 1.29 is 18.3 Å². The topological polar surface area (TPSA) is 109 Å². The van der Waals surface area contributed by atoms with Gasteiger partial charge in [0.1, 0.15) is 6.04 Å². The Balaban J connectivity index is 3.04. The number of carboxylic acid groups (broad SMARTS) is 1. The molecule has 0 aliphatic carbocycles. The molecule has 1 aromatic rings. The average molecular weight is 286 g/mol. The first-order chi connectivity index (χ1) is 8.77. The van der Waals surface area contributed by atoms with Crippen molar-refractivity contribution in [1.82, 2.24) is 4.72 Å². The van der Waals surface area contributed by atoms with E-state index in [0.717, 1.165) is 0 Å². The van der Waals surface area contributed by atoms with Crippen LogP contribution in [-0.2, 0) is 14.8 Å². The molecule has 1 aromatic carbocycles. The van der Waals surface area contributed by atoms with Crippen LogP contribution >= 0.6 is 0 Å². The summed E-state index contributed by atoms with van der Waals surface area (Å²) in [4.78, 5) is 11.1. The van der Waals surface area contributed by atoms with Crippen LogP contribution < -0.4 is 10.5 Å². The summed E-state index contributed by atoms with van der Waals surface area (Å²) in [6.45, 7) is 3.48. The summed E-state index contributed by atoms with van der Waals surface area (Å²) >= 11 is 0. The van der Waals surface area contributed by atoms with Crippen molar-refractivity contribution in [3.63, 3.8) is 0 Å². The highest BCUT2D eigenvalue weighted by Gasteiger charge is 2.29. The molecule has 4 N–H and O–H groups in total. The number of carboxylic acids is 1. The van der Waals surface area contributed by atoms with Gasteiger partial charge in [0.2, 0.25) is 10.0 Å². The number of rotatable bonds is 6. The van der Waals surface area contributed by atoms with E-state index in [1.54, 1.807) is 19.9 Å². The van der Waals surface area contributed by atoms with Gasteiger partial charge in [0.25, 0.3) is 0 Å². The van der Waals surface area contributed by atoms with Crippen LogP contribution in [0.5, 0.6) is 0 Å². The molecule has 106 valence electrons. The predicted molar refractivity (Wildman–Crippen MR) is 72.1 cm³/mol. The van der Waals surface area contributed by atoms with Gasteiger partial charge < -0.3 is 10.8 Å². The van der Waals surface area contributed by atoms with Gasteiger partial charge in [0, 0.05) is 5.69 Å². The Morgan fingerprint density at radius 3 is 2.58 bits per heavy atom. The predicted octanol–water partition coefficient (Wildman–Crippen LogP) is 1.05. The number of nitrogen functional groups attached to an aromatic ring is 1. The third-order valence-corrected chi connectivity index (χ3v) is 4.37. The van der Waals surface area contributed by atoms with Crippen LogP contribution in [0.4, 0.5) is 5.69 Å². The van der Waals surface area contributed by atoms with Gasteiger partial charge in [-0.25, -0.2) is 8.42 Å². The van der Waals surface area contributed by atoms with Crippen LogP contribution in [0, 0.1) is 5.92 Å². The monoisotopic (exact) mass is 286 g/mol. The maximum absolute atomic E-state index is 12.1. The molecule has 7 heteroatoms. The number of sulfonamides is 1. The molecule has 6 nitrogen and oxygen atoms in total. The maximum atomic E-state index is 12.1. The summed E-state index contributed by atoms with van der Waals surface area (Å²) < 4.78 is 26.4. The van der Waals surface area contributed by atoms with Crippen LogP contribution in [0.3, 0.4) is 0 Å². The fraction of sp³-hybridized carbons (Fsp3) is 0.417. The molecule has 0 saturated carbocycles. The molecule has 0 heterocycles. The molecule has 0 bridgehead atoms. The Morgan fingerprint density at radius 2 is 2.11 bits per heavy atom. The van der Waals surface area contributed by atoms with E-state index in [0.29, 0.717) is 12.1 Å². The molecule has 0 unspecified atom stereocenters. The zero-order valence-electron chi connectivity index (χ0n) is 10.8. The van der Waals surface area contributed by atoms with Gasteiger partial charge in [-0.1, -0.05) is 26.3 Å². The molecule has 1 rings (SSSR count). The van der Waals surface area contributed by atoms with Crippen molar-refractivity contribution in [3.05, 3.63) is 24.3 Å². The highest BCUT2D eigenvalue weighted by molar-refractivity contribution is 7.89. The molecule has 0 amide bonds. The van der Waals surface area contributed by atoms with E-state index in [-0.39, 0.29) is 10.8 Å². The highest BCUT2D eigenvalue weighted by Crippen LogP contribution is 2.16. The summed E-state index contributed by atoms with van der Waals surface area (Å²) in [7, 11) is -3.89. The Hall–Kier alpha value is -1.60. The first-order valence-corrected chi connectivity index (χ1v) is 7.37. The lowest BCUT2D eigenvalue weighted by atomic mass is 10.0. The van der Waals surface area contributed by atoms with Crippen LogP contribution in [0.25, 0.3) is 0 Å². The highest BCUT2D eigenvalue weighted by atomic mass is 32.2. The van der Waals surface area contributed by atoms with E-state index in [2.05, 4.69) is 4.72 Å². The van der Waals surface area contributed by atoms with Crippen molar-refractivity contribution >= 4 is 21.7 Å². The minimum Gasteiger partial charge on any atom is -0.480 e. The van der Waals surface area contributed by atoms with Gasteiger partial charge in [-0.15, -0.1) is 0 Å². The summed E-state index contributed by atoms with van der Waals surface area (Å²) in [5, 5.41) is 9.09. The van der Waals surface area contributed by atoms with E-state index in [4.69, 9.17) is 10.8 Å². The largest absolute Gasteiger partial charge is 0.480 e. The second kappa shape index (κ2) is 6.03. The third kappa shape index (κ3) is 3.93. The summed E-state index contributed by atoms with van der Waals surface area (Å²) in [6, 6.07) is 4.56. The molecule has 0 fully saturated rings. The van der Waals surface area contributed by atoms with Crippen molar-refractivity contribution in [1.29, 1.82) is 0 Å². The van der Waals surface area contributed by atoms with Gasteiger partial charge in [0.05, 0.1) is 4.90 Å². The van der Waals surface area contributed by atoms with E-state index < -0.39 is 22.0 Å². The second-order valence-corrected chi connectivity index (χ2v) is 6.11. The number of nitrogens with two attached hydrogens (primary N) is 1. The standard InChI is InChI=1S/C12H18N2O4S/c1-3-8(2)11(12(15)16)14-19(17,18)10-6-4-5-9(13)7-10/h4-8,11,14H,3,13H2,1-2H3,(H,15,16)/t8-,11-/m0/s1. The van der Waals surface area contributed by atoms with E-state index in [1.807, 2.05) is 0 Å². The fourth-order valence-electron chi connectivity index (χ4n) is 1.56. The molecule has 0 spiro atoms. The molecule has 0 aliphatic heterocycles. The van der Waals surface area contributed by atoms with Gasteiger partial charge in [0.15, 0.2) is 0 Å². The van der Waals surface area contributed by atoms with Gasteiger partial charge in [-0.2, -0.15) is 4.72 Å². The Kier molecular flexibility index (Phi) is 4.90. The quantitative estimate of drug-likeness (QED) is 0.677. The minimum absolute atomic E-state index is 0.0398. The van der Waals surface area contributed by atoms with Crippen molar-refractivity contribution in [2.45, 2.75) is 31.2 Å². The number of nitrogens with one attached hydrogen (secondary N) is 1. The van der Waals surface area contributed by atoms with Gasteiger partial charge in [-0.3, -0.25) is 4.79 Å². The van der Waals surface area contributed by atoms with Crippen LogP contribution in [-0.4, -0.2) is 25.5 Å². The molecule has 0 aromatic heterocycles. The molecular formula is C12H18N2O4S. The van der Waals surface area contributed by atoms with E-state index >= 15 is 0 Å². The molecular weight excluding hydrogens is 268 g/mol. The van der Waals surface area contributed by atoms with Crippen LogP contribution in [0.1, 0.15) is 20.3 Å². The molecule has 2 atom stereocenters. The molecule has 0 saturated heterocycles. The average Bonchev–Trinajstić information content (AvgIpc) is 2.35. The number of hydrogen-bond donors (Lipinski definition) is 3. The minimum atomic E-state index is -3.89. The summed E-state index contributed by atoms with van der Waals surface area (Å²) in [6.07, 6.45) is 0.552. The lowest BCUT2D eigenvalue weighted by Crippen LogP contribution is -2.44. The molecule has 0 radical (unpaired) electrons. The number of aliphatic carboxylic acids is 1. The lowest BCUT2D eigenvalue weighted by Gasteiger charge is -2.20. The van der Waals surface area contributed by atoms with Crippen molar-refractivity contribution in [2.24, 2.45) is 5.92 Å². The zero-order valence-corrected chi connectivity index (χ0v) is 11.6. The number of hydrogen-bond acceptors (Lipinski definition) is 4.